The highest BCUT2D eigenvalue weighted by Gasteiger charge is 2.26. The van der Waals surface area contributed by atoms with Crippen LogP contribution in [-0.2, 0) is 0 Å². The van der Waals surface area contributed by atoms with Gasteiger partial charge in [-0.2, -0.15) is 5.10 Å². The number of carbonyl (C=O) groups is 1. The number of H-pyrrole nitrogens is 1. The molecule has 2 heterocycles. The lowest BCUT2D eigenvalue weighted by Crippen LogP contribution is -2.38. The van der Waals surface area contributed by atoms with Gasteiger partial charge in [-0.3, -0.25) is 9.89 Å². The summed E-state index contributed by atoms with van der Waals surface area (Å²) in [5.74, 6) is 1.11. The van der Waals surface area contributed by atoms with Gasteiger partial charge in [-0.1, -0.05) is 19.8 Å². The number of nitrogens with two attached hydrogens (primary N) is 1. The lowest BCUT2D eigenvalue weighted by atomic mass is 9.92. The zero-order valence-corrected chi connectivity index (χ0v) is 11.2. The maximum atomic E-state index is 12.4. The standard InChI is InChI=1S/C13H22N4O/c1-3-4-10-5-7-17(8-6-10)13(18)11-9(2)15-16-12(11)14/h10H,3-8H2,1-2H3,(H3,14,15,16). The topological polar surface area (TPSA) is 75.0 Å². The van der Waals surface area contributed by atoms with Crippen LogP contribution in [0.5, 0.6) is 0 Å². The predicted octanol–water partition coefficient (Wildman–Crippen LogP) is 1.95. The van der Waals surface area contributed by atoms with E-state index in [-0.39, 0.29) is 5.91 Å². The van der Waals surface area contributed by atoms with Gasteiger partial charge in [0.15, 0.2) is 5.82 Å². The van der Waals surface area contributed by atoms with Crippen LogP contribution in [0.4, 0.5) is 5.82 Å². The Morgan fingerprint density at radius 3 is 2.67 bits per heavy atom. The highest BCUT2D eigenvalue weighted by Crippen LogP contribution is 2.24. The van der Waals surface area contributed by atoms with E-state index in [1.54, 1.807) is 0 Å². The van der Waals surface area contributed by atoms with E-state index >= 15 is 0 Å². The molecule has 5 nitrogen and oxygen atoms in total. The minimum absolute atomic E-state index is 0.0219. The van der Waals surface area contributed by atoms with Crippen LogP contribution in [0.25, 0.3) is 0 Å². The van der Waals surface area contributed by atoms with E-state index in [1.165, 1.54) is 12.8 Å². The van der Waals surface area contributed by atoms with Crippen LogP contribution in [0.1, 0.15) is 48.7 Å². The number of hydrogen-bond donors (Lipinski definition) is 2. The molecule has 0 saturated carbocycles. The molecular weight excluding hydrogens is 228 g/mol. The van der Waals surface area contributed by atoms with Crippen molar-refractivity contribution in [3.05, 3.63) is 11.3 Å². The molecule has 0 aliphatic carbocycles. The SMILES string of the molecule is CCCC1CCN(C(=O)c2c(N)n[nH]c2C)CC1. The molecule has 18 heavy (non-hydrogen) atoms. The van der Waals surface area contributed by atoms with Crippen LogP contribution in [0.2, 0.25) is 0 Å². The van der Waals surface area contributed by atoms with Gasteiger partial charge in [0.2, 0.25) is 0 Å². The van der Waals surface area contributed by atoms with Gasteiger partial charge in [-0.25, -0.2) is 0 Å². The van der Waals surface area contributed by atoms with E-state index in [9.17, 15) is 4.79 Å². The zero-order chi connectivity index (χ0) is 13.1. The van der Waals surface area contributed by atoms with Gasteiger partial charge >= 0.3 is 0 Å². The number of aromatic nitrogens is 2. The molecule has 100 valence electrons. The van der Waals surface area contributed by atoms with Crippen LogP contribution < -0.4 is 5.73 Å². The van der Waals surface area contributed by atoms with E-state index in [4.69, 9.17) is 5.73 Å². The van der Waals surface area contributed by atoms with Crippen LogP contribution in [0, 0.1) is 12.8 Å². The molecule has 1 aliphatic rings. The largest absolute Gasteiger partial charge is 0.382 e. The molecule has 1 fully saturated rings. The first-order chi connectivity index (χ1) is 8.63. The summed E-state index contributed by atoms with van der Waals surface area (Å²) >= 11 is 0. The second-order valence-corrected chi connectivity index (χ2v) is 5.13. The normalized spacial score (nSPS) is 17.1. The number of aromatic amines is 1. The van der Waals surface area contributed by atoms with Crippen molar-refractivity contribution in [3.63, 3.8) is 0 Å². The van der Waals surface area contributed by atoms with Crippen molar-refractivity contribution >= 4 is 11.7 Å². The number of piperidine rings is 1. The molecule has 5 heteroatoms. The highest BCUT2D eigenvalue weighted by atomic mass is 16.2. The second-order valence-electron chi connectivity index (χ2n) is 5.13. The van der Waals surface area contributed by atoms with Crippen molar-refractivity contribution in [1.29, 1.82) is 0 Å². The molecule has 1 aliphatic heterocycles. The Bertz CT molecular complexity index is 399. The number of rotatable bonds is 3. The highest BCUT2D eigenvalue weighted by molar-refractivity contribution is 5.99. The van der Waals surface area contributed by atoms with Crippen LogP contribution in [-0.4, -0.2) is 34.1 Å². The van der Waals surface area contributed by atoms with E-state index in [2.05, 4.69) is 17.1 Å². The molecule has 0 aromatic carbocycles. The van der Waals surface area contributed by atoms with E-state index in [0.717, 1.165) is 37.5 Å². The van der Waals surface area contributed by atoms with E-state index in [0.29, 0.717) is 11.4 Å². The molecule has 0 radical (unpaired) electrons. The van der Waals surface area contributed by atoms with Crippen molar-refractivity contribution in [2.24, 2.45) is 5.92 Å². The Kier molecular flexibility index (Phi) is 3.89. The number of carbonyl (C=O) groups excluding carboxylic acids is 1. The van der Waals surface area contributed by atoms with Crippen molar-refractivity contribution in [2.45, 2.75) is 39.5 Å². The number of anilines is 1. The smallest absolute Gasteiger partial charge is 0.259 e. The Morgan fingerprint density at radius 2 is 2.17 bits per heavy atom. The molecule has 0 unspecified atom stereocenters. The van der Waals surface area contributed by atoms with Gasteiger partial charge in [0.05, 0.1) is 0 Å². The van der Waals surface area contributed by atoms with Crippen molar-refractivity contribution in [1.82, 2.24) is 15.1 Å². The quantitative estimate of drug-likeness (QED) is 0.861. The third kappa shape index (κ3) is 2.49. The minimum Gasteiger partial charge on any atom is -0.382 e. The van der Waals surface area contributed by atoms with Crippen molar-refractivity contribution < 1.29 is 4.79 Å². The number of nitrogens with one attached hydrogen (secondary N) is 1. The first-order valence-electron chi connectivity index (χ1n) is 6.73. The average molecular weight is 250 g/mol. The van der Waals surface area contributed by atoms with Gasteiger partial charge in [0, 0.05) is 18.8 Å². The fourth-order valence-corrected chi connectivity index (χ4v) is 2.71. The van der Waals surface area contributed by atoms with Crippen LogP contribution >= 0.6 is 0 Å². The Balaban J connectivity index is 2.00. The number of amides is 1. The molecule has 1 saturated heterocycles. The molecule has 0 spiro atoms. The summed E-state index contributed by atoms with van der Waals surface area (Å²) in [5.41, 5.74) is 7.04. The first kappa shape index (κ1) is 12.9. The van der Waals surface area contributed by atoms with Crippen LogP contribution in [0.15, 0.2) is 0 Å². The molecule has 1 aromatic rings. The summed E-state index contributed by atoms with van der Waals surface area (Å²) in [6.07, 6.45) is 4.72. The number of aryl methyl sites for hydroxylation is 1. The van der Waals surface area contributed by atoms with Crippen molar-refractivity contribution in [2.75, 3.05) is 18.8 Å². The molecule has 0 atom stereocenters. The third-order valence-electron chi connectivity index (χ3n) is 3.79. The summed E-state index contributed by atoms with van der Waals surface area (Å²) in [6, 6.07) is 0. The molecule has 2 rings (SSSR count). The summed E-state index contributed by atoms with van der Waals surface area (Å²) in [6.45, 7) is 5.73. The maximum Gasteiger partial charge on any atom is 0.259 e. The number of nitrogens with zero attached hydrogens (tertiary/aromatic N) is 2. The summed E-state index contributed by atoms with van der Waals surface area (Å²) in [4.78, 5) is 14.3. The minimum atomic E-state index is 0.0219. The number of hydrogen-bond acceptors (Lipinski definition) is 3. The average Bonchev–Trinajstić information content (AvgIpc) is 2.70. The summed E-state index contributed by atoms with van der Waals surface area (Å²) in [5, 5.41) is 6.65. The first-order valence-corrected chi connectivity index (χ1v) is 6.73. The number of nitrogen functional groups attached to an aromatic ring is 1. The fourth-order valence-electron chi connectivity index (χ4n) is 2.71. The summed E-state index contributed by atoms with van der Waals surface area (Å²) in [7, 11) is 0. The van der Waals surface area contributed by atoms with E-state index in [1.807, 2.05) is 11.8 Å². The van der Waals surface area contributed by atoms with Gasteiger partial charge in [-0.05, 0) is 25.7 Å². The monoisotopic (exact) mass is 250 g/mol. The Morgan fingerprint density at radius 1 is 1.50 bits per heavy atom. The molecule has 1 amide bonds. The van der Waals surface area contributed by atoms with E-state index < -0.39 is 0 Å². The molecule has 3 N–H and O–H groups in total. The van der Waals surface area contributed by atoms with Crippen LogP contribution in [0.3, 0.4) is 0 Å². The zero-order valence-electron chi connectivity index (χ0n) is 11.2. The predicted molar refractivity (Wildman–Crippen MR) is 71.3 cm³/mol. The lowest BCUT2D eigenvalue weighted by molar-refractivity contribution is 0.0687. The molecule has 1 aromatic heterocycles. The maximum absolute atomic E-state index is 12.4. The fraction of sp³-hybridized carbons (Fsp3) is 0.692. The number of likely N-dealkylation sites (tertiary alicyclic amines) is 1. The summed E-state index contributed by atoms with van der Waals surface area (Å²) < 4.78 is 0. The van der Waals surface area contributed by atoms with Gasteiger partial charge in [-0.15, -0.1) is 0 Å². The van der Waals surface area contributed by atoms with Gasteiger partial charge in [0.25, 0.3) is 5.91 Å². The molecule has 0 bridgehead atoms. The Hall–Kier alpha value is -1.52. The Labute approximate surface area is 108 Å². The molecular formula is C13H22N4O. The van der Waals surface area contributed by atoms with Crippen molar-refractivity contribution in [3.8, 4) is 0 Å². The van der Waals surface area contributed by atoms with Gasteiger partial charge in [0.1, 0.15) is 5.56 Å². The third-order valence-corrected chi connectivity index (χ3v) is 3.79. The second kappa shape index (κ2) is 5.42. The lowest BCUT2D eigenvalue weighted by Gasteiger charge is -2.31. The van der Waals surface area contributed by atoms with Gasteiger partial charge < -0.3 is 10.6 Å².